The number of para-hydroxylation sites is 2. The fourth-order valence-corrected chi connectivity index (χ4v) is 2.25. The van der Waals surface area contributed by atoms with Crippen molar-refractivity contribution >= 4 is 35.2 Å². The van der Waals surface area contributed by atoms with Gasteiger partial charge >= 0.3 is 0 Å². The Labute approximate surface area is 127 Å². The molecule has 4 heteroatoms. The number of rotatable bonds is 4. The number of carbonyl (C=O) groups excluding carboxylic acids is 1. The molecule has 0 aliphatic carbocycles. The lowest BCUT2D eigenvalue weighted by molar-refractivity contribution is -0.105. The van der Waals surface area contributed by atoms with Gasteiger partial charge in [0.05, 0.1) is 5.69 Å². The third kappa shape index (κ3) is 2.81. The van der Waals surface area contributed by atoms with E-state index in [2.05, 4.69) is 10.3 Å². The van der Waals surface area contributed by atoms with Crippen LogP contribution in [0.5, 0.6) is 5.75 Å². The predicted molar refractivity (Wildman–Crippen MR) is 88.5 cm³/mol. The van der Waals surface area contributed by atoms with E-state index in [1.54, 1.807) is 12.1 Å². The van der Waals surface area contributed by atoms with Gasteiger partial charge in [-0.05, 0) is 29.8 Å². The number of pyridine rings is 1. The SMILES string of the molecule is O=CNc1ccccc1C=Cc1ccc2cccc(O)c2n1. The highest BCUT2D eigenvalue weighted by Gasteiger charge is 2.01. The Bertz CT molecular complexity index is 857. The molecule has 2 N–H and O–H groups in total. The Morgan fingerprint density at radius 2 is 1.82 bits per heavy atom. The van der Waals surface area contributed by atoms with Crippen molar-refractivity contribution < 1.29 is 9.90 Å². The van der Waals surface area contributed by atoms with Crippen LogP contribution in [0, 0.1) is 0 Å². The highest BCUT2D eigenvalue weighted by Crippen LogP contribution is 2.23. The molecular weight excluding hydrogens is 276 g/mol. The van der Waals surface area contributed by atoms with Gasteiger partial charge < -0.3 is 10.4 Å². The van der Waals surface area contributed by atoms with Gasteiger partial charge in [-0.1, -0.05) is 42.5 Å². The third-order valence-corrected chi connectivity index (χ3v) is 3.33. The Hall–Kier alpha value is -3.14. The minimum absolute atomic E-state index is 0.163. The zero-order chi connectivity index (χ0) is 15.4. The van der Waals surface area contributed by atoms with Crippen LogP contribution in [-0.4, -0.2) is 16.5 Å². The van der Waals surface area contributed by atoms with E-state index in [1.165, 1.54) is 0 Å². The van der Waals surface area contributed by atoms with Crippen LogP contribution in [0.3, 0.4) is 0 Å². The number of phenols is 1. The van der Waals surface area contributed by atoms with Gasteiger partial charge in [0.2, 0.25) is 6.41 Å². The maximum atomic E-state index is 10.6. The van der Waals surface area contributed by atoms with Crippen LogP contribution >= 0.6 is 0 Å². The molecule has 1 aromatic heterocycles. The van der Waals surface area contributed by atoms with Crippen molar-refractivity contribution in [2.45, 2.75) is 0 Å². The molecule has 0 unspecified atom stereocenters. The predicted octanol–water partition coefficient (Wildman–Crippen LogP) is 3.68. The van der Waals surface area contributed by atoms with Crippen LogP contribution in [0.2, 0.25) is 0 Å². The first-order valence-corrected chi connectivity index (χ1v) is 6.84. The summed E-state index contributed by atoms with van der Waals surface area (Å²) in [6, 6.07) is 16.6. The number of nitrogens with one attached hydrogen (secondary N) is 1. The minimum atomic E-state index is 0.163. The number of phenolic OH excluding ortho intramolecular Hbond substituents is 1. The minimum Gasteiger partial charge on any atom is -0.506 e. The van der Waals surface area contributed by atoms with Crippen molar-refractivity contribution in [1.29, 1.82) is 0 Å². The number of fused-ring (bicyclic) bond motifs is 1. The topological polar surface area (TPSA) is 62.2 Å². The van der Waals surface area contributed by atoms with Crippen molar-refractivity contribution in [3.63, 3.8) is 0 Å². The molecule has 0 aliphatic heterocycles. The van der Waals surface area contributed by atoms with Crippen molar-refractivity contribution in [2.75, 3.05) is 5.32 Å². The number of carbonyl (C=O) groups is 1. The molecule has 22 heavy (non-hydrogen) atoms. The fourth-order valence-electron chi connectivity index (χ4n) is 2.25. The number of anilines is 1. The van der Waals surface area contributed by atoms with Crippen LogP contribution < -0.4 is 5.32 Å². The average Bonchev–Trinajstić information content (AvgIpc) is 2.55. The van der Waals surface area contributed by atoms with Gasteiger partial charge in [0.25, 0.3) is 0 Å². The van der Waals surface area contributed by atoms with Crippen molar-refractivity contribution in [3.05, 3.63) is 65.9 Å². The number of aromatic nitrogens is 1. The molecule has 0 radical (unpaired) electrons. The maximum absolute atomic E-state index is 10.6. The number of hydrogen-bond donors (Lipinski definition) is 2. The molecule has 2 aromatic carbocycles. The lowest BCUT2D eigenvalue weighted by Gasteiger charge is -2.04. The molecule has 1 amide bonds. The Balaban J connectivity index is 1.96. The molecule has 0 saturated heterocycles. The molecule has 0 saturated carbocycles. The first kappa shape index (κ1) is 13.8. The number of aromatic hydroxyl groups is 1. The summed E-state index contributed by atoms with van der Waals surface area (Å²) in [5.41, 5.74) is 2.92. The van der Waals surface area contributed by atoms with E-state index in [0.29, 0.717) is 11.9 Å². The van der Waals surface area contributed by atoms with Crippen molar-refractivity contribution in [1.82, 2.24) is 4.98 Å². The summed E-state index contributed by atoms with van der Waals surface area (Å²) >= 11 is 0. The third-order valence-electron chi connectivity index (χ3n) is 3.33. The molecule has 0 spiro atoms. The van der Waals surface area contributed by atoms with Crippen molar-refractivity contribution in [3.8, 4) is 5.75 Å². The number of amides is 1. The standard InChI is InChI=1S/C18H14N2O2/c21-12-19-16-6-2-1-4-13(16)8-10-15-11-9-14-5-3-7-17(22)18(14)20-15/h1-12,22H,(H,19,21). The van der Waals surface area contributed by atoms with Crippen LogP contribution in [-0.2, 0) is 4.79 Å². The summed E-state index contributed by atoms with van der Waals surface area (Å²) in [5.74, 6) is 0.163. The Kier molecular flexibility index (Phi) is 3.83. The van der Waals surface area contributed by atoms with Gasteiger partial charge in [0.1, 0.15) is 11.3 Å². The number of nitrogens with zero attached hydrogens (tertiary/aromatic N) is 1. The second-order valence-corrected chi connectivity index (χ2v) is 4.77. The Morgan fingerprint density at radius 3 is 2.68 bits per heavy atom. The summed E-state index contributed by atoms with van der Waals surface area (Å²) in [7, 11) is 0. The largest absolute Gasteiger partial charge is 0.506 e. The van der Waals surface area contributed by atoms with E-state index in [0.717, 1.165) is 22.3 Å². The summed E-state index contributed by atoms with van der Waals surface area (Å²) in [4.78, 5) is 15.0. The van der Waals surface area contributed by atoms with Gasteiger partial charge in [-0.25, -0.2) is 4.98 Å². The number of hydrogen-bond acceptors (Lipinski definition) is 3. The molecule has 3 aromatic rings. The summed E-state index contributed by atoms with van der Waals surface area (Å²) in [5, 5.41) is 13.4. The Morgan fingerprint density at radius 1 is 0.955 bits per heavy atom. The molecule has 0 aliphatic rings. The maximum Gasteiger partial charge on any atom is 0.211 e. The van der Waals surface area contributed by atoms with Crippen LogP contribution in [0.4, 0.5) is 5.69 Å². The highest BCUT2D eigenvalue weighted by atomic mass is 16.3. The van der Waals surface area contributed by atoms with Crippen LogP contribution in [0.1, 0.15) is 11.3 Å². The summed E-state index contributed by atoms with van der Waals surface area (Å²) in [6.45, 7) is 0. The van der Waals surface area contributed by atoms with Gasteiger partial charge in [0, 0.05) is 11.1 Å². The van der Waals surface area contributed by atoms with E-state index in [9.17, 15) is 9.90 Å². The zero-order valence-electron chi connectivity index (χ0n) is 11.7. The first-order valence-electron chi connectivity index (χ1n) is 6.84. The molecule has 108 valence electrons. The van der Waals surface area contributed by atoms with Gasteiger partial charge in [-0.2, -0.15) is 0 Å². The summed E-state index contributed by atoms with van der Waals surface area (Å²) in [6.07, 6.45) is 4.37. The lowest BCUT2D eigenvalue weighted by Crippen LogP contribution is -1.95. The van der Waals surface area contributed by atoms with E-state index in [-0.39, 0.29) is 5.75 Å². The van der Waals surface area contributed by atoms with E-state index in [1.807, 2.05) is 54.6 Å². The summed E-state index contributed by atoms with van der Waals surface area (Å²) < 4.78 is 0. The van der Waals surface area contributed by atoms with Crippen LogP contribution in [0.15, 0.2) is 54.6 Å². The normalized spacial score (nSPS) is 10.9. The first-order chi connectivity index (χ1) is 10.8. The van der Waals surface area contributed by atoms with E-state index in [4.69, 9.17) is 0 Å². The molecule has 0 bridgehead atoms. The van der Waals surface area contributed by atoms with Crippen molar-refractivity contribution in [2.24, 2.45) is 0 Å². The molecule has 0 fully saturated rings. The highest BCUT2D eigenvalue weighted by molar-refractivity contribution is 5.86. The molecule has 3 rings (SSSR count). The second-order valence-electron chi connectivity index (χ2n) is 4.77. The zero-order valence-corrected chi connectivity index (χ0v) is 11.7. The smallest absolute Gasteiger partial charge is 0.211 e. The van der Waals surface area contributed by atoms with Gasteiger partial charge in [-0.15, -0.1) is 0 Å². The average molecular weight is 290 g/mol. The fraction of sp³-hybridized carbons (Fsp3) is 0. The molecule has 4 nitrogen and oxygen atoms in total. The van der Waals surface area contributed by atoms with Crippen LogP contribution in [0.25, 0.3) is 23.1 Å². The lowest BCUT2D eigenvalue weighted by atomic mass is 10.1. The molecule has 1 heterocycles. The van der Waals surface area contributed by atoms with E-state index < -0.39 is 0 Å². The molecule has 0 atom stereocenters. The monoisotopic (exact) mass is 290 g/mol. The van der Waals surface area contributed by atoms with Gasteiger partial charge in [0.15, 0.2) is 0 Å². The second kappa shape index (κ2) is 6.10. The van der Waals surface area contributed by atoms with E-state index >= 15 is 0 Å². The number of benzene rings is 2. The molecular formula is C18H14N2O2. The van der Waals surface area contributed by atoms with Gasteiger partial charge in [-0.3, -0.25) is 4.79 Å². The quantitative estimate of drug-likeness (QED) is 0.720.